The van der Waals surface area contributed by atoms with Crippen LogP contribution >= 0.6 is 11.6 Å². The summed E-state index contributed by atoms with van der Waals surface area (Å²) in [7, 11) is 0. The normalized spacial score (nSPS) is 20.8. The Balaban J connectivity index is 1.51. The Morgan fingerprint density at radius 2 is 1.93 bits per heavy atom. The monoisotopic (exact) mass is 392 g/mol. The Hall–Kier alpha value is -1.79. The fourth-order valence-electron chi connectivity index (χ4n) is 3.48. The van der Waals surface area contributed by atoms with E-state index >= 15 is 0 Å². The summed E-state index contributed by atoms with van der Waals surface area (Å²) in [4.78, 5) is 21.4. The molecule has 0 bridgehead atoms. The number of nitrogens with zero attached hydrogens (tertiary/aromatic N) is 3. The number of hydrogen-bond acceptors (Lipinski definition) is 3. The van der Waals surface area contributed by atoms with Crippen molar-refractivity contribution in [2.45, 2.75) is 32.3 Å². The third kappa shape index (κ3) is 5.59. The molecule has 2 fully saturated rings. The first kappa shape index (κ1) is 20.0. The van der Waals surface area contributed by atoms with Crippen LogP contribution in [0.4, 0.5) is 0 Å². The van der Waals surface area contributed by atoms with Gasteiger partial charge in [-0.05, 0) is 43.9 Å². The van der Waals surface area contributed by atoms with Gasteiger partial charge >= 0.3 is 0 Å². The molecule has 0 aromatic heterocycles. The summed E-state index contributed by atoms with van der Waals surface area (Å²) in [6, 6.07) is 7.91. The molecule has 7 heteroatoms. The maximum absolute atomic E-state index is 12.5. The second-order valence-electron chi connectivity index (χ2n) is 6.93. The number of carbonyl (C=O) groups excluding carboxylic acids is 1. The van der Waals surface area contributed by atoms with Crippen molar-refractivity contribution in [2.75, 3.05) is 45.9 Å². The van der Waals surface area contributed by atoms with E-state index in [0.29, 0.717) is 6.61 Å². The van der Waals surface area contributed by atoms with Crippen LogP contribution in [0.1, 0.15) is 25.3 Å². The minimum atomic E-state index is -0.224. The van der Waals surface area contributed by atoms with Gasteiger partial charge < -0.3 is 19.9 Å². The molecule has 2 aliphatic heterocycles. The third-order valence-corrected chi connectivity index (χ3v) is 5.26. The van der Waals surface area contributed by atoms with Crippen LogP contribution in [0.25, 0.3) is 0 Å². The van der Waals surface area contributed by atoms with Gasteiger partial charge in [0.2, 0.25) is 0 Å². The lowest BCUT2D eigenvalue weighted by atomic mass is 10.1. The number of aliphatic imine (C=N–C) groups is 1. The highest BCUT2D eigenvalue weighted by atomic mass is 35.5. The predicted molar refractivity (Wildman–Crippen MR) is 108 cm³/mol. The molecule has 1 atom stereocenters. The molecule has 0 spiro atoms. The fraction of sp³-hybridized carbons (Fsp3) is 0.600. The van der Waals surface area contributed by atoms with Crippen molar-refractivity contribution < 1.29 is 9.53 Å². The predicted octanol–water partition coefficient (Wildman–Crippen LogP) is 2.17. The number of rotatable bonds is 5. The van der Waals surface area contributed by atoms with Crippen molar-refractivity contribution in [3.8, 4) is 0 Å². The quantitative estimate of drug-likeness (QED) is 0.616. The molecule has 0 radical (unpaired) electrons. The first-order chi connectivity index (χ1) is 13.2. The highest BCUT2D eigenvalue weighted by Crippen LogP contribution is 2.16. The van der Waals surface area contributed by atoms with Crippen LogP contribution in [0.3, 0.4) is 0 Å². The number of piperazine rings is 1. The van der Waals surface area contributed by atoms with Crippen molar-refractivity contribution in [3.05, 3.63) is 34.9 Å². The third-order valence-electron chi connectivity index (χ3n) is 5.01. The lowest BCUT2D eigenvalue weighted by Crippen LogP contribution is -2.55. The van der Waals surface area contributed by atoms with Crippen LogP contribution in [-0.4, -0.2) is 73.6 Å². The Bertz CT molecular complexity index is 636. The summed E-state index contributed by atoms with van der Waals surface area (Å²) < 4.78 is 5.53. The molecule has 2 heterocycles. The fourth-order valence-corrected chi connectivity index (χ4v) is 3.61. The molecule has 2 saturated heterocycles. The lowest BCUT2D eigenvalue weighted by molar-refractivity contribution is -0.142. The van der Waals surface area contributed by atoms with Gasteiger partial charge in [-0.2, -0.15) is 0 Å². The van der Waals surface area contributed by atoms with Crippen LogP contribution in [0.15, 0.2) is 29.3 Å². The Labute approximate surface area is 166 Å². The molecule has 0 saturated carbocycles. The Kier molecular flexibility index (Phi) is 7.35. The van der Waals surface area contributed by atoms with Gasteiger partial charge in [0, 0.05) is 50.9 Å². The number of amides is 1. The van der Waals surface area contributed by atoms with Crippen LogP contribution in [-0.2, 0) is 16.0 Å². The first-order valence-electron chi connectivity index (χ1n) is 9.85. The zero-order valence-corrected chi connectivity index (χ0v) is 16.7. The van der Waals surface area contributed by atoms with E-state index in [4.69, 9.17) is 21.3 Å². The van der Waals surface area contributed by atoms with Crippen LogP contribution in [0.5, 0.6) is 0 Å². The molecule has 1 aromatic rings. The van der Waals surface area contributed by atoms with Crippen LogP contribution in [0, 0.1) is 0 Å². The summed E-state index contributed by atoms with van der Waals surface area (Å²) in [5.74, 6) is 1.08. The van der Waals surface area contributed by atoms with Crippen LogP contribution in [0.2, 0.25) is 5.02 Å². The summed E-state index contributed by atoms with van der Waals surface area (Å²) in [5.41, 5.74) is 1.23. The molecule has 148 valence electrons. The molecule has 1 aromatic carbocycles. The van der Waals surface area contributed by atoms with Gasteiger partial charge in [0.25, 0.3) is 5.91 Å². The summed E-state index contributed by atoms with van der Waals surface area (Å²) in [6.07, 6.45) is 2.50. The summed E-state index contributed by atoms with van der Waals surface area (Å²) in [6.45, 7) is 7.37. The molecular weight excluding hydrogens is 364 g/mol. The number of benzene rings is 1. The number of nitrogens with one attached hydrogen (secondary N) is 1. The zero-order chi connectivity index (χ0) is 19.1. The molecular formula is C20H29ClN4O2. The van der Waals surface area contributed by atoms with Gasteiger partial charge in [0.05, 0.1) is 0 Å². The molecule has 3 rings (SSSR count). The molecule has 1 unspecified atom stereocenters. The maximum Gasteiger partial charge on any atom is 0.251 e. The second-order valence-corrected chi connectivity index (χ2v) is 7.36. The van der Waals surface area contributed by atoms with E-state index in [1.54, 1.807) is 0 Å². The zero-order valence-electron chi connectivity index (χ0n) is 16.0. The van der Waals surface area contributed by atoms with Crippen molar-refractivity contribution in [1.29, 1.82) is 0 Å². The minimum Gasteiger partial charge on any atom is -0.368 e. The minimum absolute atomic E-state index is 0.150. The largest absolute Gasteiger partial charge is 0.368 e. The lowest BCUT2D eigenvalue weighted by Gasteiger charge is -2.37. The highest BCUT2D eigenvalue weighted by molar-refractivity contribution is 6.30. The van der Waals surface area contributed by atoms with E-state index in [-0.39, 0.29) is 12.0 Å². The Morgan fingerprint density at radius 3 is 2.56 bits per heavy atom. The molecule has 27 heavy (non-hydrogen) atoms. The van der Waals surface area contributed by atoms with E-state index in [1.165, 1.54) is 5.56 Å². The summed E-state index contributed by atoms with van der Waals surface area (Å²) in [5, 5.41) is 4.13. The first-order valence-corrected chi connectivity index (χ1v) is 10.2. The average molecular weight is 393 g/mol. The second kappa shape index (κ2) is 9.95. The van der Waals surface area contributed by atoms with Gasteiger partial charge in [-0.25, -0.2) is 0 Å². The van der Waals surface area contributed by atoms with Gasteiger partial charge in [0.15, 0.2) is 5.96 Å². The van der Waals surface area contributed by atoms with Gasteiger partial charge in [-0.1, -0.05) is 23.7 Å². The highest BCUT2D eigenvalue weighted by Gasteiger charge is 2.30. The van der Waals surface area contributed by atoms with Crippen molar-refractivity contribution in [3.63, 3.8) is 0 Å². The van der Waals surface area contributed by atoms with Gasteiger partial charge in [-0.15, -0.1) is 0 Å². The topological polar surface area (TPSA) is 57.2 Å². The van der Waals surface area contributed by atoms with Crippen LogP contribution < -0.4 is 5.32 Å². The molecule has 2 aliphatic rings. The van der Waals surface area contributed by atoms with E-state index in [0.717, 1.165) is 69.5 Å². The van der Waals surface area contributed by atoms with E-state index in [2.05, 4.69) is 17.1 Å². The smallest absolute Gasteiger partial charge is 0.251 e. The van der Waals surface area contributed by atoms with E-state index in [1.807, 2.05) is 29.2 Å². The molecule has 0 aliphatic carbocycles. The van der Waals surface area contributed by atoms with Crippen molar-refractivity contribution in [1.82, 2.24) is 15.1 Å². The standard InChI is InChI=1S/C20H29ClN4O2/c1-2-22-20(23-10-9-16-5-7-17(21)8-6-16)25-13-11-24(12-14-25)19(26)18-4-3-15-27-18/h5-8,18H,2-4,9-15H2,1H3,(H,22,23). The van der Waals surface area contributed by atoms with E-state index in [9.17, 15) is 4.79 Å². The number of ether oxygens (including phenoxy) is 1. The number of halogens is 1. The molecule has 1 amide bonds. The maximum atomic E-state index is 12.5. The summed E-state index contributed by atoms with van der Waals surface area (Å²) >= 11 is 5.93. The molecule has 6 nitrogen and oxygen atoms in total. The van der Waals surface area contributed by atoms with Crippen molar-refractivity contribution in [2.24, 2.45) is 4.99 Å². The van der Waals surface area contributed by atoms with Crippen molar-refractivity contribution >= 4 is 23.5 Å². The SMILES string of the molecule is CCNC(=NCCc1ccc(Cl)cc1)N1CCN(C(=O)C2CCCO2)CC1. The Morgan fingerprint density at radius 1 is 1.22 bits per heavy atom. The van der Waals surface area contributed by atoms with Gasteiger partial charge in [0.1, 0.15) is 6.10 Å². The van der Waals surface area contributed by atoms with Gasteiger partial charge in [-0.3, -0.25) is 9.79 Å². The number of carbonyl (C=O) groups is 1. The number of guanidine groups is 1. The molecule has 1 N–H and O–H groups in total. The average Bonchev–Trinajstić information content (AvgIpc) is 3.23. The van der Waals surface area contributed by atoms with E-state index < -0.39 is 0 Å². The number of hydrogen-bond donors (Lipinski definition) is 1.